The second kappa shape index (κ2) is 6.83. The topological polar surface area (TPSA) is 128 Å². The summed E-state index contributed by atoms with van der Waals surface area (Å²) in [5.74, 6) is -0.101. The highest BCUT2D eigenvalue weighted by Crippen LogP contribution is 2.48. The third kappa shape index (κ3) is 4.70. The zero-order valence-corrected chi connectivity index (χ0v) is 16.2. The van der Waals surface area contributed by atoms with Gasteiger partial charge in [-0.3, -0.25) is 9.13 Å². The number of anilines is 1. The molecule has 0 bridgehead atoms. The van der Waals surface area contributed by atoms with E-state index in [0.29, 0.717) is 12.0 Å². The molecule has 0 aromatic carbocycles. The summed E-state index contributed by atoms with van der Waals surface area (Å²) in [6.07, 6.45) is 1.08. The summed E-state index contributed by atoms with van der Waals surface area (Å²) >= 11 is 0. The molecule has 1 aromatic rings. The Labute approximate surface area is 147 Å². The summed E-state index contributed by atoms with van der Waals surface area (Å²) in [7, 11) is -4.15. The molecule has 0 saturated carbocycles. The predicted molar refractivity (Wildman–Crippen MR) is 95.2 cm³/mol. The van der Waals surface area contributed by atoms with Crippen molar-refractivity contribution in [3.05, 3.63) is 22.2 Å². The largest absolute Gasteiger partial charge is 0.383 e. The van der Waals surface area contributed by atoms with Gasteiger partial charge in [0.2, 0.25) is 0 Å². The lowest BCUT2D eigenvalue weighted by Crippen LogP contribution is -2.34. The van der Waals surface area contributed by atoms with Crippen LogP contribution in [0.3, 0.4) is 0 Å². The standard InChI is InChI=1S/C16H28N3O5P/c1-9-7-19(15(20)18-14(9)17)12-6-11(16(3,4)5)13(24-12)10(2)8-25(21,22)23/h7,10-13H,6,8H2,1-5H3,(H2,17,18,20)(H2,21,22,23)/t10-,11?,12+,13+/m0/s1. The van der Waals surface area contributed by atoms with Gasteiger partial charge in [-0.1, -0.05) is 27.7 Å². The van der Waals surface area contributed by atoms with Crippen LogP contribution in [0.15, 0.2) is 11.0 Å². The molecular weight excluding hydrogens is 345 g/mol. The minimum absolute atomic E-state index is 0.0452. The number of nitrogens with zero attached hydrogens (tertiary/aromatic N) is 2. The summed E-state index contributed by atoms with van der Waals surface area (Å²) in [5.41, 5.74) is 5.74. The summed E-state index contributed by atoms with van der Waals surface area (Å²) in [4.78, 5) is 34.6. The van der Waals surface area contributed by atoms with Crippen molar-refractivity contribution >= 4 is 13.4 Å². The molecule has 4 N–H and O–H groups in total. The van der Waals surface area contributed by atoms with Crippen LogP contribution in [0.25, 0.3) is 0 Å². The average Bonchev–Trinajstić information content (AvgIpc) is 2.86. The molecule has 1 aliphatic rings. The second-order valence-corrected chi connectivity index (χ2v) is 9.78. The fourth-order valence-corrected chi connectivity index (χ4v) is 4.46. The summed E-state index contributed by atoms with van der Waals surface area (Å²) in [6.45, 7) is 9.74. The van der Waals surface area contributed by atoms with Crippen molar-refractivity contribution in [3.63, 3.8) is 0 Å². The van der Waals surface area contributed by atoms with Crippen molar-refractivity contribution in [2.45, 2.75) is 53.4 Å². The molecule has 0 spiro atoms. The predicted octanol–water partition coefficient (Wildman–Crippen LogP) is 1.90. The lowest BCUT2D eigenvalue weighted by molar-refractivity contribution is -0.0390. The fourth-order valence-electron chi connectivity index (χ4n) is 3.50. The van der Waals surface area contributed by atoms with Crippen LogP contribution in [0.4, 0.5) is 5.82 Å². The van der Waals surface area contributed by atoms with Crippen LogP contribution in [0, 0.1) is 24.2 Å². The highest BCUT2D eigenvalue weighted by Gasteiger charge is 2.46. The van der Waals surface area contributed by atoms with Crippen LogP contribution >= 0.6 is 7.60 Å². The van der Waals surface area contributed by atoms with E-state index in [1.54, 1.807) is 20.0 Å². The van der Waals surface area contributed by atoms with Crippen molar-refractivity contribution in [3.8, 4) is 0 Å². The average molecular weight is 373 g/mol. The van der Waals surface area contributed by atoms with E-state index in [1.165, 1.54) is 4.57 Å². The van der Waals surface area contributed by atoms with Crippen LogP contribution < -0.4 is 11.4 Å². The van der Waals surface area contributed by atoms with Crippen molar-refractivity contribution in [1.29, 1.82) is 0 Å². The fraction of sp³-hybridized carbons (Fsp3) is 0.750. The van der Waals surface area contributed by atoms with Gasteiger partial charge in [0.15, 0.2) is 0 Å². The van der Waals surface area contributed by atoms with Gasteiger partial charge in [0.25, 0.3) is 0 Å². The quantitative estimate of drug-likeness (QED) is 0.688. The van der Waals surface area contributed by atoms with Gasteiger partial charge in [0.05, 0.1) is 12.3 Å². The number of hydrogen-bond donors (Lipinski definition) is 3. The van der Waals surface area contributed by atoms with Gasteiger partial charge in [-0.2, -0.15) is 4.98 Å². The molecule has 2 heterocycles. The third-order valence-corrected chi connectivity index (χ3v) is 5.90. The van der Waals surface area contributed by atoms with E-state index < -0.39 is 19.5 Å². The highest BCUT2D eigenvalue weighted by molar-refractivity contribution is 7.51. The number of nitrogens with two attached hydrogens (primary N) is 1. The van der Waals surface area contributed by atoms with E-state index in [1.807, 2.05) is 0 Å². The van der Waals surface area contributed by atoms with Crippen molar-refractivity contribution < 1.29 is 19.1 Å². The van der Waals surface area contributed by atoms with Crippen molar-refractivity contribution in [1.82, 2.24) is 9.55 Å². The first-order chi connectivity index (χ1) is 11.3. The first-order valence-electron chi connectivity index (χ1n) is 8.35. The van der Waals surface area contributed by atoms with E-state index in [-0.39, 0.29) is 35.3 Å². The molecule has 8 nitrogen and oxygen atoms in total. The van der Waals surface area contributed by atoms with Gasteiger partial charge in [-0.05, 0) is 30.6 Å². The normalized spacial score (nSPS) is 26.0. The molecule has 1 aromatic heterocycles. The first kappa shape index (κ1) is 20.1. The molecule has 142 valence electrons. The number of aromatic nitrogens is 2. The molecule has 25 heavy (non-hydrogen) atoms. The van der Waals surface area contributed by atoms with Gasteiger partial charge < -0.3 is 20.3 Å². The molecule has 1 unspecified atom stereocenters. The van der Waals surface area contributed by atoms with E-state index >= 15 is 0 Å². The number of rotatable bonds is 4. The summed E-state index contributed by atoms with van der Waals surface area (Å²) < 4.78 is 18.9. The van der Waals surface area contributed by atoms with Crippen molar-refractivity contribution in [2.75, 3.05) is 11.9 Å². The van der Waals surface area contributed by atoms with Gasteiger partial charge in [-0.15, -0.1) is 0 Å². The highest BCUT2D eigenvalue weighted by atomic mass is 31.2. The van der Waals surface area contributed by atoms with E-state index in [9.17, 15) is 19.1 Å². The van der Waals surface area contributed by atoms with Gasteiger partial charge in [0, 0.05) is 11.8 Å². The molecule has 4 atom stereocenters. The molecule has 1 saturated heterocycles. The second-order valence-electron chi connectivity index (χ2n) is 8.09. The summed E-state index contributed by atoms with van der Waals surface area (Å²) in [6, 6.07) is 0. The molecule has 0 aliphatic carbocycles. The van der Waals surface area contributed by atoms with Crippen molar-refractivity contribution in [2.24, 2.45) is 17.3 Å². The van der Waals surface area contributed by atoms with Crippen LogP contribution in [-0.2, 0) is 9.30 Å². The Morgan fingerprint density at radius 1 is 1.48 bits per heavy atom. The number of hydrogen-bond acceptors (Lipinski definition) is 5. The Balaban J connectivity index is 2.35. The molecule has 1 aliphatic heterocycles. The van der Waals surface area contributed by atoms with Gasteiger partial charge in [0.1, 0.15) is 12.0 Å². The van der Waals surface area contributed by atoms with Crippen LogP contribution in [0.5, 0.6) is 0 Å². The molecule has 2 rings (SSSR count). The Hall–Kier alpha value is -1.21. The number of ether oxygens (including phenoxy) is 1. The van der Waals surface area contributed by atoms with E-state index in [4.69, 9.17) is 10.5 Å². The molecule has 0 amide bonds. The maximum Gasteiger partial charge on any atom is 0.351 e. The lowest BCUT2D eigenvalue weighted by atomic mass is 9.74. The SMILES string of the molecule is Cc1cn([C@H]2CC(C(C)(C)C)[C@@H]([C@@H](C)CP(=O)(O)O)O2)c(=O)nc1N. The Bertz CT molecular complexity index is 736. The smallest absolute Gasteiger partial charge is 0.351 e. The maximum absolute atomic E-state index is 12.2. The third-order valence-electron chi connectivity index (χ3n) is 4.85. The maximum atomic E-state index is 12.2. The zero-order valence-electron chi connectivity index (χ0n) is 15.3. The summed E-state index contributed by atoms with van der Waals surface area (Å²) in [5, 5.41) is 0. The molecule has 9 heteroatoms. The van der Waals surface area contributed by atoms with Gasteiger partial charge in [-0.25, -0.2) is 4.79 Å². The molecular formula is C16H28N3O5P. The Morgan fingerprint density at radius 2 is 2.08 bits per heavy atom. The molecule has 1 fully saturated rings. The van der Waals surface area contributed by atoms with E-state index in [2.05, 4.69) is 25.8 Å². The zero-order chi connectivity index (χ0) is 19.2. The Kier molecular flexibility index (Phi) is 5.50. The first-order valence-corrected chi connectivity index (χ1v) is 10.1. The van der Waals surface area contributed by atoms with Crippen LogP contribution in [-0.4, -0.2) is 31.6 Å². The van der Waals surface area contributed by atoms with E-state index in [0.717, 1.165) is 0 Å². The minimum Gasteiger partial charge on any atom is -0.383 e. The minimum atomic E-state index is -4.15. The number of nitrogen functional groups attached to an aromatic ring is 1. The molecule has 0 radical (unpaired) electrons. The van der Waals surface area contributed by atoms with Crippen LogP contribution in [0.1, 0.15) is 45.9 Å². The van der Waals surface area contributed by atoms with Crippen LogP contribution in [0.2, 0.25) is 0 Å². The monoisotopic (exact) mass is 373 g/mol. The van der Waals surface area contributed by atoms with Gasteiger partial charge >= 0.3 is 13.3 Å². The number of aryl methyl sites for hydroxylation is 1. The Morgan fingerprint density at radius 3 is 2.60 bits per heavy atom. The lowest BCUT2D eigenvalue weighted by Gasteiger charge is -2.33.